The number of hydrogen-bond donors (Lipinski definition) is 2. The second-order valence-corrected chi connectivity index (χ2v) is 16.2. The summed E-state index contributed by atoms with van der Waals surface area (Å²) in [4.78, 5) is 45.6. The lowest BCUT2D eigenvalue weighted by atomic mass is 10.1. The van der Waals surface area contributed by atoms with E-state index >= 15 is 0 Å². The van der Waals surface area contributed by atoms with Gasteiger partial charge in [-0.1, -0.05) is 46.4 Å². The summed E-state index contributed by atoms with van der Waals surface area (Å²) in [6, 6.07) is 15.5. The van der Waals surface area contributed by atoms with Gasteiger partial charge in [-0.25, -0.2) is 29.9 Å². The highest BCUT2D eigenvalue weighted by molar-refractivity contribution is 6.36. The van der Waals surface area contributed by atoms with Crippen LogP contribution in [0.4, 0.5) is 22.7 Å². The van der Waals surface area contributed by atoms with Crippen LogP contribution in [0.2, 0.25) is 20.1 Å². The lowest BCUT2D eigenvalue weighted by molar-refractivity contribution is 1.13. The molecule has 282 valence electrons. The van der Waals surface area contributed by atoms with Gasteiger partial charge in [0.25, 0.3) is 0 Å². The first-order valence-electron chi connectivity index (χ1n) is 17.5. The van der Waals surface area contributed by atoms with Gasteiger partial charge in [0.1, 0.15) is 22.6 Å². The molecule has 0 saturated carbocycles. The first-order chi connectivity index (χ1) is 26.7. The summed E-state index contributed by atoms with van der Waals surface area (Å²) < 4.78 is 0. The van der Waals surface area contributed by atoms with Crippen LogP contribution in [0, 0.1) is 0 Å². The lowest BCUT2D eigenvalue weighted by Crippen LogP contribution is -2.09. The van der Waals surface area contributed by atoms with Crippen LogP contribution in [0.25, 0.3) is 89.7 Å². The number of benzene rings is 4. The summed E-state index contributed by atoms with van der Waals surface area (Å²) in [6.45, 7) is 0. The molecule has 0 fully saturated rings. The maximum absolute atomic E-state index is 6.89. The van der Waals surface area contributed by atoms with Gasteiger partial charge in [-0.3, -0.25) is 0 Å². The molecule has 0 spiro atoms. The molecule has 0 radical (unpaired) electrons. The van der Waals surface area contributed by atoms with E-state index in [0.29, 0.717) is 66.0 Å². The zero-order chi connectivity index (χ0) is 39.5. The van der Waals surface area contributed by atoms with Crippen molar-refractivity contribution in [2.45, 2.75) is 0 Å². The number of rotatable bonds is 4. The molecule has 8 bridgehead atoms. The van der Waals surface area contributed by atoms with Gasteiger partial charge in [0, 0.05) is 100 Å². The van der Waals surface area contributed by atoms with Crippen LogP contribution in [0.3, 0.4) is 0 Å². The van der Waals surface area contributed by atoms with Crippen molar-refractivity contribution >= 4 is 113 Å². The van der Waals surface area contributed by atoms with Gasteiger partial charge < -0.3 is 29.6 Å². The van der Waals surface area contributed by atoms with Crippen molar-refractivity contribution in [3.8, 4) is 45.6 Å². The Labute approximate surface area is 341 Å². The number of anilines is 4. The molecule has 0 aliphatic carbocycles. The maximum atomic E-state index is 6.89. The number of nitrogens with one attached hydrogen (secondary N) is 2. The third-order valence-electron chi connectivity index (χ3n) is 10.0. The smallest absolute Gasteiger partial charge is 0.164 e. The molecule has 0 saturated heterocycles. The largest absolute Gasteiger partial charge is 0.376 e. The van der Waals surface area contributed by atoms with Crippen LogP contribution in [0.15, 0.2) is 48.5 Å². The zero-order valence-corrected chi connectivity index (χ0v) is 34.6. The molecule has 2 aliphatic heterocycles. The summed E-state index contributed by atoms with van der Waals surface area (Å²) in [5.74, 6) is 1.72. The van der Waals surface area contributed by atoms with Gasteiger partial charge in [0.2, 0.25) is 0 Å². The number of aromatic nitrogens is 8. The average molecular weight is 825 g/mol. The molecule has 2 aliphatic rings. The van der Waals surface area contributed by atoms with Crippen LogP contribution in [0.1, 0.15) is 0 Å². The van der Waals surface area contributed by atoms with E-state index in [4.69, 9.17) is 76.3 Å². The molecule has 0 unspecified atom stereocenters. The molecule has 2 N–H and O–H groups in total. The van der Waals surface area contributed by atoms with E-state index in [1.54, 1.807) is 0 Å². The van der Waals surface area contributed by atoms with E-state index < -0.39 is 0 Å². The number of halogens is 4. The summed E-state index contributed by atoms with van der Waals surface area (Å²) in [5, 5.41) is 5.29. The van der Waals surface area contributed by atoms with Gasteiger partial charge in [-0.05, 0) is 48.5 Å². The minimum Gasteiger partial charge on any atom is -0.376 e. The van der Waals surface area contributed by atoms with Gasteiger partial charge in [-0.15, -0.1) is 0 Å². The standard InChI is InChI=1S/C40H34Cl4N12/c1-53(2)29-13-21-17(9-25(29)41)33-45-34-19-11-27(43)31(55(5)6)15-23(19)39(49-34)52-40-24-16-32(56(7)8)28(44)12-20(24)36(50-40)46-35-18-10-26(42)30(54(3)4)14-22(18)38(48-35)51-37(21)47-33/h9-16H,1-8H3,(H2,45,46,47,48,49,50,51,52). The van der Waals surface area contributed by atoms with E-state index in [1.165, 1.54) is 0 Å². The molecule has 0 atom stereocenters. The predicted molar refractivity (Wildman–Crippen MR) is 233 cm³/mol. The Bertz CT molecular complexity index is 2800. The number of nitrogens with zero attached hydrogens (tertiary/aromatic N) is 10. The quantitative estimate of drug-likeness (QED) is 0.177. The summed E-state index contributed by atoms with van der Waals surface area (Å²) in [6.07, 6.45) is 0. The molecule has 5 heterocycles. The zero-order valence-electron chi connectivity index (χ0n) is 31.6. The van der Waals surface area contributed by atoms with E-state index in [2.05, 4.69) is 9.97 Å². The van der Waals surface area contributed by atoms with Gasteiger partial charge in [-0.2, -0.15) is 0 Å². The minimum absolute atomic E-state index is 0.419. The van der Waals surface area contributed by atoms with Crippen LogP contribution >= 0.6 is 46.4 Å². The van der Waals surface area contributed by atoms with Gasteiger partial charge in [0.15, 0.2) is 23.3 Å². The third kappa shape index (κ3) is 5.73. The van der Waals surface area contributed by atoms with Crippen molar-refractivity contribution in [3.63, 3.8) is 0 Å². The number of H-pyrrole nitrogens is 2. The Kier molecular flexibility index (Phi) is 8.47. The second-order valence-electron chi connectivity index (χ2n) is 14.6. The monoisotopic (exact) mass is 822 g/mol. The highest BCUT2D eigenvalue weighted by atomic mass is 35.5. The normalized spacial score (nSPS) is 11.9. The molecule has 12 nitrogen and oxygen atoms in total. The van der Waals surface area contributed by atoms with E-state index in [1.807, 2.05) is 125 Å². The van der Waals surface area contributed by atoms with Crippen molar-refractivity contribution in [1.82, 2.24) is 39.9 Å². The topological polar surface area (TPSA) is 122 Å². The fraction of sp³-hybridized carbons (Fsp3) is 0.200. The molecule has 56 heavy (non-hydrogen) atoms. The van der Waals surface area contributed by atoms with E-state index in [-0.39, 0.29) is 0 Å². The number of hydrogen-bond acceptors (Lipinski definition) is 10. The lowest BCUT2D eigenvalue weighted by Gasteiger charge is -2.15. The Morgan fingerprint density at radius 1 is 0.339 bits per heavy atom. The van der Waals surface area contributed by atoms with Crippen LogP contribution in [-0.4, -0.2) is 96.3 Å². The molecule has 16 heteroatoms. The van der Waals surface area contributed by atoms with E-state index in [0.717, 1.165) is 66.5 Å². The van der Waals surface area contributed by atoms with Crippen molar-refractivity contribution in [2.24, 2.45) is 0 Å². The summed E-state index contributed by atoms with van der Waals surface area (Å²) in [5.41, 5.74) is 8.29. The highest BCUT2D eigenvalue weighted by Crippen LogP contribution is 2.44. The third-order valence-corrected chi connectivity index (χ3v) is 11.2. The number of fused-ring (bicyclic) bond motifs is 20. The van der Waals surface area contributed by atoms with E-state index in [9.17, 15) is 0 Å². The highest BCUT2D eigenvalue weighted by Gasteiger charge is 2.26. The Balaban J connectivity index is 1.50. The van der Waals surface area contributed by atoms with Crippen LogP contribution in [0.5, 0.6) is 0 Å². The Morgan fingerprint density at radius 2 is 0.589 bits per heavy atom. The molecular weight excluding hydrogens is 790 g/mol. The van der Waals surface area contributed by atoms with Crippen molar-refractivity contribution in [1.29, 1.82) is 0 Å². The predicted octanol–water partition coefficient (Wildman–Crippen LogP) is 9.75. The molecule has 3 aromatic heterocycles. The first kappa shape index (κ1) is 36.3. The minimum atomic E-state index is 0.419. The number of aromatic amines is 2. The van der Waals surface area contributed by atoms with Gasteiger partial charge in [0.05, 0.1) is 42.8 Å². The molecule has 4 aromatic carbocycles. The summed E-state index contributed by atoms with van der Waals surface area (Å²) >= 11 is 27.6. The SMILES string of the molecule is CN(C)c1cc2c(cc1Cl)-c1nc-2nc2[nH]c(nc3nc(nc4[nH]c(n1)c1cc(Cl)c(N(C)C)cc41)-c1cc(N(C)C)c(Cl)cc1-3)c1cc(Cl)c(N(C)C)cc21. The molecular formula is C40H34Cl4N12. The van der Waals surface area contributed by atoms with Crippen LogP contribution < -0.4 is 19.6 Å². The molecule has 0 amide bonds. The van der Waals surface area contributed by atoms with Crippen LogP contribution in [-0.2, 0) is 0 Å². The first-order valence-corrected chi connectivity index (χ1v) is 19.0. The van der Waals surface area contributed by atoms with Crippen molar-refractivity contribution in [2.75, 3.05) is 76.0 Å². The Morgan fingerprint density at radius 3 is 0.893 bits per heavy atom. The molecule has 9 rings (SSSR count). The van der Waals surface area contributed by atoms with Crippen molar-refractivity contribution < 1.29 is 0 Å². The fourth-order valence-electron chi connectivity index (χ4n) is 7.19. The van der Waals surface area contributed by atoms with Crippen molar-refractivity contribution in [3.05, 3.63) is 68.6 Å². The molecule has 7 aromatic rings. The average Bonchev–Trinajstić information content (AvgIpc) is 3.84. The van der Waals surface area contributed by atoms with Gasteiger partial charge >= 0.3 is 0 Å². The maximum Gasteiger partial charge on any atom is 0.164 e. The Hall–Kier alpha value is -5.40. The fourth-order valence-corrected chi connectivity index (χ4v) is 8.53. The second kappa shape index (κ2) is 13.1. The summed E-state index contributed by atoms with van der Waals surface area (Å²) in [7, 11) is 15.5.